The van der Waals surface area contributed by atoms with Crippen LogP contribution in [-0.2, 0) is 10.5 Å². The Labute approximate surface area is 134 Å². The minimum Gasteiger partial charge on any atom is -0.415 e. The maximum Gasteiger partial charge on any atom is 0.277 e. The number of carbonyl (C=O) groups is 1. The van der Waals surface area contributed by atoms with Crippen LogP contribution >= 0.6 is 34.9 Å². The number of thioether (sulfide) groups is 2. The Balaban J connectivity index is 1.95. The molecule has 0 aliphatic carbocycles. The molecule has 0 aliphatic heterocycles. The Morgan fingerprint density at radius 1 is 1.57 bits per heavy atom. The van der Waals surface area contributed by atoms with Crippen molar-refractivity contribution >= 4 is 40.6 Å². The van der Waals surface area contributed by atoms with E-state index in [1.807, 2.05) is 24.6 Å². The highest BCUT2D eigenvalue weighted by atomic mass is 32.2. The van der Waals surface area contributed by atoms with Crippen molar-refractivity contribution in [2.75, 3.05) is 12.0 Å². The predicted molar refractivity (Wildman–Crippen MR) is 82.5 cm³/mol. The number of thiazole rings is 1. The SMILES string of the molecule is CSCc1nnc(SCC(=O)[C@H](C#N)c2nc(C)cs2)o1. The molecule has 0 amide bonds. The van der Waals surface area contributed by atoms with Crippen molar-refractivity contribution in [3.05, 3.63) is 22.0 Å². The van der Waals surface area contributed by atoms with Crippen LogP contribution in [0.2, 0.25) is 0 Å². The predicted octanol–water partition coefficient (Wildman–Crippen LogP) is 2.67. The number of nitriles is 1. The van der Waals surface area contributed by atoms with Crippen molar-refractivity contribution < 1.29 is 9.21 Å². The fourth-order valence-electron chi connectivity index (χ4n) is 1.46. The lowest BCUT2D eigenvalue weighted by Gasteiger charge is -2.02. The summed E-state index contributed by atoms with van der Waals surface area (Å²) in [6.45, 7) is 1.83. The lowest BCUT2D eigenvalue weighted by molar-refractivity contribution is -0.116. The minimum absolute atomic E-state index is 0.109. The van der Waals surface area contributed by atoms with Crippen molar-refractivity contribution in [1.82, 2.24) is 15.2 Å². The van der Waals surface area contributed by atoms with Gasteiger partial charge in [-0.2, -0.15) is 17.0 Å². The summed E-state index contributed by atoms with van der Waals surface area (Å²) in [5.41, 5.74) is 0.814. The Morgan fingerprint density at radius 3 is 3.00 bits per heavy atom. The van der Waals surface area contributed by atoms with Crippen LogP contribution in [0.25, 0.3) is 0 Å². The third kappa shape index (κ3) is 4.30. The van der Waals surface area contributed by atoms with E-state index in [1.54, 1.807) is 11.8 Å². The normalized spacial score (nSPS) is 12.0. The lowest BCUT2D eigenvalue weighted by atomic mass is 10.1. The van der Waals surface area contributed by atoms with Gasteiger partial charge in [-0.05, 0) is 13.2 Å². The second-order valence-corrected chi connectivity index (χ2v) is 6.72. The molecule has 110 valence electrons. The molecule has 0 saturated heterocycles. The van der Waals surface area contributed by atoms with E-state index < -0.39 is 5.92 Å². The van der Waals surface area contributed by atoms with Gasteiger partial charge in [-0.1, -0.05) is 11.8 Å². The molecular formula is C12H12N4O2S3. The number of aromatic nitrogens is 3. The van der Waals surface area contributed by atoms with Crippen molar-refractivity contribution in [1.29, 1.82) is 5.26 Å². The molecule has 0 aliphatic rings. The summed E-state index contributed by atoms with van der Waals surface area (Å²) in [6, 6.07) is 2.01. The molecule has 0 unspecified atom stereocenters. The van der Waals surface area contributed by atoms with Gasteiger partial charge >= 0.3 is 0 Å². The maximum absolute atomic E-state index is 12.1. The van der Waals surface area contributed by atoms with Crippen LogP contribution in [0.3, 0.4) is 0 Å². The summed E-state index contributed by atoms with van der Waals surface area (Å²) >= 11 is 4.05. The number of ketones is 1. The number of hydrogen-bond acceptors (Lipinski definition) is 9. The molecule has 0 N–H and O–H groups in total. The van der Waals surface area contributed by atoms with E-state index in [1.165, 1.54) is 11.3 Å². The fraction of sp³-hybridized carbons (Fsp3) is 0.417. The van der Waals surface area contributed by atoms with E-state index >= 15 is 0 Å². The molecule has 0 radical (unpaired) electrons. The molecule has 2 aromatic rings. The molecule has 1 atom stereocenters. The van der Waals surface area contributed by atoms with Gasteiger partial charge in [-0.3, -0.25) is 4.79 Å². The summed E-state index contributed by atoms with van der Waals surface area (Å²) in [5, 5.41) is 19.6. The lowest BCUT2D eigenvalue weighted by Crippen LogP contribution is -2.13. The topological polar surface area (TPSA) is 92.7 Å². The van der Waals surface area contributed by atoms with Crippen molar-refractivity contribution in [2.45, 2.75) is 23.8 Å². The molecule has 0 bridgehead atoms. The van der Waals surface area contributed by atoms with Crippen LogP contribution < -0.4 is 0 Å². The number of nitrogens with zero attached hydrogens (tertiary/aromatic N) is 4. The first-order chi connectivity index (χ1) is 10.1. The molecule has 6 nitrogen and oxygen atoms in total. The fourth-order valence-corrected chi connectivity index (χ4v) is 3.37. The standard InChI is InChI=1S/C12H12N4O2S3/c1-7-4-20-11(14-7)8(3-13)9(17)5-21-12-16-15-10(18-12)6-19-2/h4,8H,5-6H2,1-2H3/t8-/m0/s1. The monoisotopic (exact) mass is 340 g/mol. The smallest absolute Gasteiger partial charge is 0.277 e. The highest BCUT2D eigenvalue weighted by molar-refractivity contribution is 7.99. The molecule has 21 heavy (non-hydrogen) atoms. The minimum atomic E-state index is -0.829. The van der Waals surface area contributed by atoms with Crippen LogP contribution in [-0.4, -0.2) is 33.0 Å². The Hall–Kier alpha value is -1.37. The van der Waals surface area contributed by atoms with Gasteiger partial charge in [0.25, 0.3) is 5.22 Å². The van der Waals surface area contributed by atoms with Crippen molar-refractivity contribution in [3.8, 4) is 6.07 Å². The highest BCUT2D eigenvalue weighted by Crippen LogP contribution is 2.24. The second kappa shape index (κ2) is 7.59. The first-order valence-electron chi connectivity index (χ1n) is 5.92. The number of Topliss-reactive ketones (excluding diaryl/α,β-unsaturated/α-hetero) is 1. The van der Waals surface area contributed by atoms with Crippen LogP contribution in [0.15, 0.2) is 15.0 Å². The number of aryl methyl sites for hydroxylation is 1. The van der Waals surface area contributed by atoms with Gasteiger partial charge in [0.05, 0.1) is 17.6 Å². The summed E-state index contributed by atoms with van der Waals surface area (Å²) in [6.07, 6.45) is 1.94. The average Bonchev–Trinajstić information content (AvgIpc) is 3.07. The van der Waals surface area contributed by atoms with E-state index in [0.29, 0.717) is 21.9 Å². The zero-order valence-corrected chi connectivity index (χ0v) is 13.8. The molecule has 9 heteroatoms. The molecule has 0 spiro atoms. The third-order valence-electron chi connectivity index (χ3n) is 2.39. The van der Waals surface area contributed by atoms with Crippen LogP contribution in [0.1, 0.15) is 22.5 Å². The van der Waals surface area contributed by atoms with Gasteiger partial charge in [-0.15, -0.1) is 21.5 Å². The number of carbonyl (C=O) groups excluding carboxylic acids is 1. The Bertz CT molecular complexity index is 662. The molecule has 2 aromatic heterocycles. The first-order valence-corrected chi connectivity index (χ1v) is 9.18. The number of rotatable bonds is 7. The van der Waals surface area contributed by atoms with Gasteiger partial charge in [0.15, 0.2) is 11.7 Å². The van der Waals surface area contributed by atoms with Gasteiger partial charge in [0.1, 0.15) is 5.01 Å². The first kappa shape index (κ1) is 16.0. The molecule has 2 heterocycles. The zero-order valence-electron chi connectivity index (χ0n) is 11.4. The van der Waals surface area contributed by atoms with Crippen molar-refractivity contribution in [2.24, 2.45) is 0 Å². The molecule has 2 rings (SSSR count). The zero-order chi connectivity index (χ0) is 15.2. The molecular weight excluding hydrogens is 328 g/mol. The molecule has 0 fully saturated rings. The molecule has 0 aromatic carbocycles. The largest absolute Gasteiger partial charge is 0.415 e. The quantitative estimate of drug-likeness (QED) is 0.710. The molecule has 0 saturated carbocycles. The van der Waals surface area contributed by atoms with Crippen molar-refractivity contribution in [3.63, 3.8) is 0 Å². The van der Waals surface area contributed by atoms with Gasteiger partial charge in [0.2, 0.25) is 5.89 Å². The highest BCUT2D eigenvalue weighted by Gasteiger charge is 2.24. The summed E-state index contributed by atoms with van der Waals surface area (Å²) in [7, 11) is 0. The van der Waals surface area contributed by atoms with E-state index in [2.05, 4.69) is 15.2 Å². The van der Waals surface area contributed by atoms with Crippen LogP contribution in [0.4, 0.5) is 0 Å². The van der Waals surface area contributed by atoms with E-state index in [9.17, 15) is 4.79 Å². The van der Waals surface area contributed by atoms with E-state index in [4.69, 9.17) is 9.68 Å². The van der Waals surface area contributed by atoms with Crippen LogP contribution in [0.5, 0.6) is 0 Å². The van der Waals surface area contributed by atoms with Gasteiger partial charge < -0.3 is 4.42 Å². The number of hydrogen-bond donors (Lipinski definition) is 0. The summed E-state index contributed by atoms with van der Waals surface area (Å²) in [4.78, 5) is 16.3. The third-order valence-corrected chi connectivity index (χ3v) is 4.79. The maximum atomic E-state index is 12.1. The Kier molecular flexibility index (Phi) is 5.78. The average molecular weight is 340 g/mol. The van der Waals surface area contributed by atoms with E-state index in [0.717, 1.165) is 17.5 Å². The van der Waals surface area contributed by atoms with Gasteiger partial charge in [-0.25, -0.2) is 4.98 Å². The van der Waals surface area contributed by atoms with Crippen LogP contribution in [0, 0.1) is 18.3 Å². The van der Waals surface area contributed by atoms with E-state index in [-0.39, 0.29) is 11.5 Å². The van der Waals surface area contributed by atoms with Gasteiger partial charge in [0, 0.05) is 11.1 Å². The summed E-state index contributed by atoms with van der Waals surface area (Å²) < 4.78 is 5.37. The Morgan fingerprint density at radius 2 is 2.38 bits per heavy atom. The second-order valence-electron chi connectivity index (χ2n) is 4.04. The summed E-state index contributed by atoms with van der Waals surface area (Å²) in [5.74, 6) is 0.245.